The first-order chi connectivity index (χ1) is 12.9. The number of hydrogen-bond acceptors (Lipinski definition) is 4. The molecule has 2 aromatic rings. The van der Waals surface area contributed by atoms with E-state index in [4.69, 9.17) is 5.26 Å². The Morgan fingerprint density at radius 3 is 2.70 bits per heavy atom. The average molecular weight is 370 g/mol. The molecule has 0 bridgehead atoms. The first kappa shape index (κ1) is 18.5. The molecule has 3 rings (SSSR count). The molecule has 0 saturated carbocycles. The van der Waals surface area contributed by atoms with Crippen LogP contribution in [0.3, 0.4) is 0 Å². The molecule has 1 aliphatic heterocycles. The summed E-state index contributed by atoms with van der Waals surface area (Å²) in [4.78, 5) is 29.2. The molecule has 0 aliphatic carbocycles. The monoisotopic (exact) mass is 370 g/mol. The maximum atomic E-state index is 13.2. The van der Waals surface area contributed by atoms with Gasteiger partial charge in [-0.05, 0) is 23.6 Å². The van der Waals surface area contributed by atoms with Crippen molar-refractivity contribution in [3.05, 3.63) is 65.5 Å². The highest BCUT2D eigenvalue weighted by Gasteiger charge is 2.57. The number of carbonyl (C=O) groups excluding carboxylic acids is 2. The molecule has 1 aromatic carbocycles. The molecule has 0 spiro atoms. The van der Waals surface area contributed by atoms with E-state index >= 15 is 0 Å². The van der Waals surface area contributed by atoms with Crippen LogP contribution in [0.2, 0.25) is 0 Å². The van der Waals surface area contributed by atoms with Gasteiger partial charge in [0.1, 0.15) is 0 Å². The number of nitrogens with zero attached hydrogens (tertiary/aromatic N) is 3. The number of likely N-dealkylation sites (tertiary alicyclic amines) is 1. The van der Waals surface area contributed by atoms with Crippen LogP contribution in [0, 0.1) is 11.3 Å². The second-order valence-electron chi connectivity index (χ2n) is 6.19. The Morgan fingerprint density at radius 2 is 2.04 bits per heavy atom. The summed E-state index contributed by atoms with van der Waals surface area (Å²) in [6.45, 7) is -1.27. The van der Waals surface area contributed by atoms with Gasteiger partial charge in [-0.1, -0.05) is 30.3 Å². The lowest BCUT2D eigenvalue weighted by molar-refractivity contribution is -0.180. The van der Waals surface area contributed by atoms with Crippen LogP contribution in [0.5, 0.6) is 0 Å². The van der Waals surface area contributed by atoms with Gasteiger partial charge in [-0.25, -0.2) is 8.78 Å². The standard InChI is InChI=1S/C19H16F2N4O2/c20-19(21)12-25(16(19)9-22)17(26)11-24-18(27)15-6-7-23-10-14(15)8-13-4-2-1-3-5-13/h1-7,10,16H,8,11-12H2,(H,24,27). The number of halogens is 2. The molecule has 2 heterocycles. The summed E-state index contributed by atoms with van der Waals surface area (Å²) in [6.07, 6.45) is 3.53. The number of amides is 2. The summed E-state index contributed by atoms with van der Waals surface area (Å²) < 4.78 is 26.5. The average Bonchev–Trinajstić information content (AvgIpc) is 2.66. The fourth-order valence-electron chi connectivity index (χ4n) is 2.87. The van der Waals surface area contributed by atoms with Gasteiger partial charge in [-0.2, -0.15) is 5.26 Å². The van der Waals surface area contributed by atoms with Gasteiger partial charge in [-0.3, -0.25) is 14.6 Å². The van der Waals surface area contributed by atoms with E-state index in [1.54, 1.807) is 6.20 Å². The Hall–Kier alpha value is -3.34. The highest BCUT2D eigenvalue weighted by molar-refractivity contribution is 5.97. The van der Waals surface area contributed by atoms with Gasteiger partial charge in [0.2, 0.25) is 5.91 Å². The van der Waals surface area contributed by atoms with Crippen molar-refractivity contribution in [3.8, 4) is 6.07 Å². The van der Waals surface area contributed by atoms with Gasteiger partial charge in [0.05, 0.1) is 19.2 Å². The van der Waals surface area contributed by atoms with Gasteiger partial charge in [-0.15, -0.1) is 0 Å². The summed E-state index contributed by atoms with van der Waals surface area (Å²) in [5.74, 6) is -4.43. The van der Waals surface area contributed by atoms with E-state index in [0.29, 0.717) is 17.5 Å². The predicted octanol–water partition coefficient (Wildman–Crippen LogP) is 1.77. The topological polar surface area (TPSA) is 86.1 Å². The quantitative estimate of drug-likeness (QED) is 0.869. The normalized spacial score (nSPS) is 17.5. The Balaban J connectivity index is 1.64. The lowest BCUT2D eigenvalue weighted by Gasteiger charge is -2.43. The molecule has 2 amide bonds. The third-order valence-corrected chi connectivity index (χ3v) is 4.32. The number of carbonyl (C=O) groups is 2. The largest absolute Gasteiger partial charge is 0.343 e. The van der Waals surface area contributed by atoms with Crippen molar-refractivity contribution in [2.24, 2.45) is 0 Å². The second kappa shape index (κ2) is 7.50. The fraction of sp³-hybridized carbons (Fsp3) is 0.263. The highest BCUT2D eigenvalue weighted by Crippen LogP contribution is 2.34. The van der Waals surface area contributed by atoms with Crippen LogP contribution in [-0.4, -0.2) is 46.8 Å². The van der Waals surface area contributed by atoms with Gasteiger partial charge in [0, 0.05) is 18.0 Å². The molecule has 1 fully saturated rings. The van der Waals surface area contributed by atoms with Gasteiger partial charge < -0.3 is 10.2 Å². The van der Waals surface area contributed by atoms with Crippen LogP contribution < -0.4 is 5.32 Å². The van der Waals surface area contributed by atoms with Gasteiger partial charge in [0.15, 0.2) is 6.04 Å². The Morgan fingerprint density at radius 1 is 1.30 bits per heavy atom. The van der Waals surface area contributed by atoms with Crippen molar-refractivity contribution in [1.29, 1.82) is 5.26 Å². The van der Waals surface area contributed by atoms with Crippen LogP contribution in [0.15, 0.2) is 48.8 Å². The van der Waals surface area contributed by atoms with Crippen molar-refractivity contribution < 1.29 is 18.4 Å². The molecule has 1 saturated heterocycles. The smallest absolute Gasteiger partial charge is 0.298 e. The zero-order valence-electron chi connectivity index (χ0n) is 14.2. The Kier molecular flexibility index (Phi) is 5.12. The SMILES string of the molecule is N#CC1N(C(=O)CNC(=O)c2ccncc2Cc2ccccc2)CC1(F)F. The molecular weight excluding hydrogens is 354 g/mol. The van der Waals surface area contributed by atoms with E-state index in [0.717, 1.165) is 10.5 Å². The molecule has 1 aromatic heterocycles. The molecule has 1 aliphatic rings. The van der Waals surface area contributed by atoms with E-state index in [2.05, 4.69) is 10.3 Å². The third kappa shape index (κ3) is 3.92. The van der Waals surface area contributed by atoms with Crippen molar-refractivity contribution >= 4 is 11.8 Å². The van der Waals surface area contributed by atoms with Crippen molar-refractivity contribution in [3.63, 3.8) is 0 Å². The molecule has 1 unspecified atom stereocenters. The van der Waals surface area contributed by atoms with E-state index < -0.39 is 36.9 Å². The highest BCUT2D eigenvalue weighted by atomic mass is 19.3. The zero-order chi connectivity index (χ0) is 19.4. The van der Waals surface area contributed by atoms with Crippen molar-refractivity contribution in [2.45, 2.75) is 18.4 Å². The van der Waals surface area contributed by atoms with Crippen LogP contribution in [0.4, 0.5) is 8.78 Å². The van der Waals surface area contributed by atoms with E-state index in [9.17, 15) is 18.4 Å². The number of alkyl halides is 2. The number of nitrogens with one attached hydrogen (secondary N) is 1. The summed E-state index contributed by atoms with van der Waals surface area (Å²) in [6, 6.07) is 10.7. The number of rotatable bonds is 5. The van der Waals surface area contributed by atoms with E-state index in [1.807, 2.05) is 30.3 Å². The minimum Gasteiger partial charge on any atom is -0.343 e. The first-order valence-electron chi connectivity index (χ1n) is 8.24. The maximum absolute atomic E-state index is 13.2. The van der Waals surface area contributed by atoms with Crippen molar-refractivity contribution in [2.75, 3.05) is 13.1 Å². The Bertz CT molecular complexity index is 896. The van der Waals surface area contributed by atoms with Crippen LogP contribution in [0.25, 0.3) is 0 Å². The molecule has 0 radical (unpaired) electrons. The van der Waals surface area contributed by atoms with Gasteiger partial charge >= 0.3 is 0 Å². The summed E-state index contributed by atoms with van der Waals surface area (Å²) in [5.41, 5.74) is 2.03. The molecule has 1 N–H and O–H groups in total. The molecule has 27 heavy (non-hydrogen) atoms. The molecule has 138 valence electrons. The summed E-state index contributed by atoms with van der Waals surface area (Å²) in [5, 5.41) is 11.2. The summed E-state index contributed by atoms with van der Waals surface area (Å²) >= 11 is 0. The van der Waals surface area contributed by atoms with Crippen molar-refractivity contribution in [1.82, 2.24) is 15.2 Å². The number of aromatic nitrogens is 1. The van der Waals surface area contributed by atoms with E-state index in [-0.39, 0.29) is 0 Å². The molecular formula is C19H16F2N4O2. The number of pyridine rings is 1. The predicted molar refractivity (Wildman–Crippen MR) is 91.9 cm³/mol. The Labute approximate surface area is 154 Å². The van der Waals surface area contributed by atoms with Crippen LogP contribution >= 0.6 is 0 Å². The number of hydrogen-bond donors (Lipinski definition) is 1. The lowest BCUT2D eigenvalue weighted by atomic mass is 9.99. The minimum absolute atomic E-state index is 0.354. The minimum atomic E-state index is -3.21. The number of benzene rings is 1. The van der Waals surface area contributed by atoms with E-state index in [1.165, 1.54) is 18.3 Å². The molecule has 6 nitrogen and oxygen atoms in total. The first-order valence-corrected chi connectivity index (χ1v) is 8.24. The van der Waals surface area contributed by atoms with Crippen LogP contribution in [-0.2, 0) is 11.2 Å². The second-order valence-corrected chi connectivity index (χ2v) is 6.19. The van der Waals surface area contributed by atoms with Crippen LogP contribution in [0.1, 0.15) is 21.5 Å². The molecule has 1 atom stereocenters. The zero-order valence-corrected chi connectivity index (χ0v) is 14.2. The number of nitriles is 1. The third-order valence-electron chi connectivity index (χ3n) is 4.32. The summed E-state index contributed by atoms with van der Waals surface area (Å²) in [7, 11) is 0. The maximum Gasteiger partial charge on any atom is 0.298 e. The lowest BCUT2D eigenvalue weighted by Crippen LogP contribution is -2.67. The van der Waals surface area contributed by atoms with Gasteiger partial charge in [0.25, 0.3) is 11.8 Å². The molecule has 8 heteroatoms. The fourth-order valence-corrected chi connectivity index (χ4v) is 2.87.